The van der Waals surface area contributed by atoms with Crippen molar-refractivity contribution in [1.29, 1.82) is 0 Å². The molecule has 0 aromatic heterocycles. The van der Waals surface area contributed by atoms with Gasteiger partial charge in [0.15, 0.2) is 13.2 Å². The summed E-state index contributed by atoms with van der Waals surface area (Å²) in [7, 11) is 0. The number of nitrogens with zero attached hydrogens (tertiary/aromatic N) is 2. The Kier molecular flexibility index (Phi) is 7.10. The molecule has 1 saturated heterocycles. The average molecular weight is 374 g/mol. The van der Waals surface area contributed by atoms with Gasteiger partial charge in [0.2, 0.25) is 0 Å². The van der Waals surface area contributed by atoms with E-state index in [0.717, 1.165) is 10.1 Å². The molecule has 0 N–H and O–H groups in total. The molecule has 0 unspecified atom stereocenters. The molecule has 0 aromatic carbocycles. The molecule has 0 bridgehead atoms. The molecule has 0 atom stereocenters. The molecule has 1 aliphatic rings. The molecule has 10 nitrogen and oxygen atoms in total. The molecule has 0 radical (unpaired) electrons. The fourth-order valence-corrected chi connectivity index (χ4v) is 2.26. The second kappa shape index (κ2) is 8.45. The third-order valence-corrected chi connectivity index (χ3v) is 3.66. The first kappa shape index (κ1) is 21.8. The molecule has 0 aliphatic carbocycles. The van der Waals surface area contributed by atoms with E-state index in [9.17, 15) is 19.2 Å². The van der Waals surface area contributed by atoms with Crippen LogP contribution >= 0.6 is 0 Å². The van der Waals surface area contributed by atoms with Crippen LogP contribution in [0.2, 0.25) is 0 Å². The summed E-state index contributed by atoms with van der Waals surface area (Å²) in [5.41, 5.74) is -2.93. The normalized spacial score (nSPS) is 18.7. The Balaban J connectivity index is 2.96. The lowest BCUT2D eigenvalue weighted by molar-refractivity contribution is -0.281. The zero-order chi connectivity index (χ0) is 20.1. The number of ether oxygens (including phenoxy) is 2. The molecule has 0 aromatic rings. The van der Waals surface area contributed by atoms with Crippen molar-refractivity contribution in [2.24, 2.45) is 0 Å². The van der Waals surface area contributed by atoms with Gasteiger partial charge >= 0.3 is 11.9 Å². The minimum atomic E-state index is -1.46. The molecule has 1 heterocycles. The van der Waals surface area contributed by atoms with Crippen LogP contribution in [0.4, 0.5) is 0 Å². The summed E-state index contributed by atoms with van der Waals surface area (Å²) in [6.07, 6.45) is 0. The summed E-state index contributed by atoms with van der Waals surface area (Å²) in [4.78, 5) is 59.1. The van der Waals surface area contributed by atoms with Crippen molar-refractivity contribution in [3.05, 3.63) is 0 Å². The summed E-state index contributed by atoms with van der Waals surface area (Å²) in [5.74, 6) is -2.56. The largest absolute Gasteiger partial charge is 0.464 e. The second-order valence-electron chi connectivity index (χ2n) is 6.47. The Morgan fingerprint density at radius 3 is 1.35 bits per heavy atom. The maximum Gasteiger partial charge on any atom is 0.334 e. The summed E-state index contributed by atoms with van der Waals surface area (Å²) < 4.78 is 9.50. The Morgan fingerprint density at radius 2 is 1.08 bits per heavy atom. The van der Waals surface area contributed by atoms with E-state index in [1.54, 1.807) is 13.8 Å². The van der Waals surface area contributed by atoms with Crippen LogP contribution in [0.15, 0.2) is 0 Å². The summed E-state index contributed by atoms with van der Waals surface area (Å²) >= 11 is 0. The van der Waals surface area contributed by atoms with E-state index in [1.165, 1.54) is 27.7 Å². The summed E-state index contributed by atoms with van der Waals surface area (Å²) in [6.45, 7) is 8.33. The number of hydrogen-bond acceptors (Lipinski definition) is 8. The Hall–Kier alpha value is -2.20. The van der Waals surface area contributed by atoms with E-state index in [4.69, 9.17) is 19.1 Å². The number of carbonyl (C=O) groups is 4. The lowest BCUT2D eigenvalue weighted by Gasteiger charge is -2.50. The SMILES string of the molecule is CCOC(=O)CON1C(=O)C(C)(C)N(OCC(=O)OCC)C(=O)C1(C)C. The number of piperazine rings is 1. The molecular formula is C16H26N2O8. The van der Waals surface area contributed by atoms with Gasteiger partial charge in [0.25, 0.3) is 11.8 Å². The van der Waals surface area contributed by atoms with Crippen LogP contribution in [0, 0.1) is 0 Å². The van der Waals surface area contributed by atoms with Crippen molar-refractivity contribution >= 4 is 23.8 Å². The first-order valence-electron chi connectivity index (χ1n) is 8.26. The second-order valence-corrected chi connectivity index (χ2v) is 6.47. The van der Waals surface area contributed by atoms with Crippen LogP contribution in [0.25, 0.3) is 0 Å². The fourth-order valence-electron chi connectivity index (χ4n) is 2.26. The van der Waals surface area contributed by atoms with Crippen LogP contribution < -0.4 is 0 Å². The maximum atomic E-state index is 12.8. The van der Waals surface area contributed by atoms with Crippen LogP contribution in [-0.2, 0) is 38.3 Å². The predicted octanol–water partition coefficient (Wildman–Crippen LogP) is 0.204. The van der Waals surface area contributed by atoms with Gasteiger partial charge in [-0.25, -0.2) is 19.7 Å². The highest BCUT2D eigenvalue weighted by atomic mass is 16.7. The Bertz CT molecular complexity index is 523. The number of carbonyl (C=O) groups excluding carboxylic acids is 4. The van der Waals surface area contributed by atoms with Crippen LogP contribution in [-0.4, -0.2) is 71.4 Å². The zero-order valence-electron chi connectivity index (χ0n) is 16.0. The highest BCUT2D eigenvalue weighted by Gasteiger charge is 2.57. The summed E-state index contributed by atoms with van der Waals surface area (Å²) in [6, 6.07) is 0. The van der Waals surface area contributed by atoms with Crippen molar-refractivity contribution in [2.75, 3.05) is 26.4 Å². The highest BCUT2D eigenvalue weighted by Crippen LogP contribution is 2.33. The van der Waals surface area contributed by atoms with E-state index in [-0.39, 0.29) is 13.2 Å². The molecule has 1 fully saturated rings. The van der Waals surface area contributed by atoms with Gasteiger partial charge in [0.05, 0.1) is 13.2 Å². The van der Waals surface area contributed by atoms with Gasteiger partial charge in [0, 0.05) is 0 Å². The monoisotopic (exact) mass is 374 g/mol. The van der Waals surface area contributed by atoms with Gasteiger partial charge in [-0.1, -0.05) is 0 Å². The van der Waals surface area contributed by atoms with Crippen molar-refractivity contribution < 1.29 is 38.3 Å². The highest BCUT2D eigenvalue weighted by molar-refractivity contribution is 6.00. The van der Waals surface area contributed by atoms with Crippen molar-refractivity contribution in [2.45, 2.75) is 52.6 Å². The minimum absolute atomic E-state index is 0.166. The molecule has 1 rings (SSSR count). The number of rotatable bonds is 8. The van der Waals surface area contributed by atoms with Crippen molar-refractivity contribution in [3.63, 3.8) is 0 Å². The van der Waals surface area contributed by atoms with E-state index in [0.29, 0.717) is 0 Å². The maximum absolute atomic E-state index is 12.8. The molecule has 148 valence electrons. The molecule has 2 amide bonds. The fraction of sp³-hybridized carbons (Fsp3) is 0.750. The molecule has 26 heavy (non-hydrogen) atoms. The number of esters is 2. The third-order valence-electron chi connectivity index (χ3n) is 3.66. The van der Waals surface area contributed by atoms with Crippen molar-refractivity contribution in [1.82, 2.24) is 10.1 Å². The number of hydroxylamine groups is 4. The van der Waals surface area contributed by atoms with E-state index in [1.807, 2.05) is 0 Å². The minimum Gasteiger partial charge on any atom is -0.464 e. The first-order valence-corrected chi connectivity index (χ1v) is 8.26. The van der Waals surface area contributed by atoms with Crippen LogP contribution in [0.3, 0.4) is 0 Å². The standard InChI is InChI=1S/C16H26N2O8/c1-7-23-11(19)9-25-17-13(21)16(5,6)18(14(22)15(17,3)4)26-10-12(20)24-8-2/h7-10H2,1-6H3. The van der Waals surface area contributed by atoms with E-state index >= 15 is 0 Å². The van der Waals surface area contributed by atoms with Gasteiger partial charge in [-0.15, -0.1) is 0 Å². The summed E-state index contributed by atoms with van der Waals surface area (Å²) in [5, 5.41) is 1.69. The van der Waals surface area contributed by atoms with Gasteiger partial charge in [-0.2, -0.15) is 0 Å². The van der Waals surface area contributed by atoms with Gasteiger partial charge in [-0.3, -0.25) is 19.3 Å². The van der Waals surface area contributed by atoms with Gasteiger partial charge in [0.1, 0.15) is 11.1 Å². The van der Waals surface area contributed by atoms with Crippen molar-refractivity contribution in [3.8, 4) is 0 Å². The van der Waals surface area contributed by atoms with E-state index in [2.05, 4.69) is 0 Å². The lowest BCUT2D eigenvalue weighted by Crippen LogP contribution is -2.73. The number of hydrogen-bond donors (Lipinski definition) is 0. The van der Waals surface area contributed by atoms with E-state index < -0.39 is 48.0 Å². The molecular weight excluding hydrogens is 348 g/mol. The van der Waals surface area contributed by atoms with Crippen LogP contribution in [0.5, 0.6) is 0 Å². The third kappa shape index (κ3) is 4.50. The lowest BCUT2D eigenvalue weighted by atomic mass is 9.91. The quantitative estimate of drug-likeness (QED) is 0.554. The molecule has 0 spiro atoms. The Morgan fingerprint density at radius 1 is 0.769 bits per heavy atom. The number of amides is 2. The molecule has 0 saturated carbocycles. The smallest absolute Gasteiger partial charge is 0.334 e. The van der Waals surface area contributed by atoms with Gasteiger partial charge < -0.3 is 9.47 Å². The van der Waals surface area contributed by atoms with Crippen LogP contribution in [0.1, 0.15) is 41.5 Å². The Labute approximate surface area is 152 Å². The first-order chi connectivity index (χ1) is 12.0. The predicted molar refractivity (Wildman–Crippen MR) is 87.0 cm³/mol. The van der Waals surface area contributed by atoms with Gasteiger partial charge in [-0.05, 0) is 41.5 Å². The molecule has 1 aliphatic heterocycles. The molecule has 10 heteroatoms. The zero-order valence-corrected chi connectivity index (χ0v) is 16.0. The average Bonchev–Trinajstić information content (AvgIpc) is 2.53. The topological polar surface area (TPSA) is 112 Å².